The second kappa shape index (κ2) is 5.97. The van der Waals surface area contributed by atoms with Gasteiger partial charge >= 0.3 is 0 Å². The van der Waals surface area contributed by atoms with Gasteiger partial charge in [-0.3, -0.25) is 0 Å². The highest BCUT2D eigenvalue weighted by Gasteiger charge is 2.08. The Hall–Kier alpha value is -1.68. The SMILES string of the molecule is CCCC(O)c1ccn(Cc2cc(F)cc(F)c2)c1. The van der Waals surface area contributed by atoms with Crippen LogP contribution in [0.1, 0.15) is 37.0 Å². The van der Waals surface area contributed by atoms with E-state index in [2.05, 4.69) is 0 Å². The van der Waals surface area contributed by atoms with Gasteiger partial charge < -0.3 is 9.67 Å². The molecule has 102 valence electrons. The fourth-order valence-electron chi connectivity index (χ4n) is 2.11. The zero-order valence-electron chi connectivity index (χ0n) is 10.8. The summed E-state index contributed by atoms with van der Waals surface area (Å²) in [5.41, 5.74) is 1.39. The molecule has 0 amide bonds. The first-order chi connectivity index (χ1) is 9.08. The van der Waals surface area contributed by atoms with Crippen LogP contribution in [-0.2, 0) is 6.54 Å². The van der Waals surface area contributed by atoms with Gasteiger partial charge in [-0.2, -0.15) is 0 Å². The van der Waals surface area contributed by atoms with Gasteiger partial charge in [0.2, 0.25) is 0 Å². The first-order valence-electron chi connectivity index (χ1n) is 6.37. The fraction of sp³-hybridized carbons (Fsp3) is 0.333. The van der Waals surface area contributed by atoms with E-state index in [1.807, 2.05) is 23.8 Å². The predicted octanol–water partition coefficient (Wildman–Crippen LogP) is 3.65. The summed E-state index contributed by atoms with van der Waals surface area (Å²) in [6, 6.07) is 5.31. The van der Waals surface area contributed by atoms with Crippen LogP contribution in [0.15, 0.2) is 36.7 Å². The summed E-state index contributed by atoms with van der Waals surface area (Å²) in [6.45, 7) is 2.39. The van der Waals surface area contributed by atoms with E-state index in [9.17, 15) is 13.9 Å². The maximum absolute atomic E-state index is 13.1. The number of nitrogens with zero attached hydrogens (tertiary/aromatic N) is 1. The quantitative estimate of drug-likeness (QED) is 0.877. The molecular weight excluding hydrogens is 248 g/mol. The lowest BCUT2D eigenvalue weighted by molar-refractivity contribution is 0.166. The Labute approximate surface area is 111 Å². The van der Waals surface area contributed by atoms with Gasteiger partial charge in [-0.05, 0) is 35.7 Å². The molecule has 0 fully saturated rings. The van der Waals surface area contributed by atoms with Gasteiger partial charge in [-0.15, -0.1) is 0 Å². The van der Waals surface area contributed by atoms with E-state index in [1.54, 1.807) is 6.20 Å². The molecule has 0 radical (unpaired) electrons. The number of hydrogen-bond donors (Lipinski definition) is 1. The molecule has 1 aromatic heterocycles. The van der Waals surface area contributed by atoms with E-state index in [-0.39, 0.29) is 0 Å². The molecule has 0 aliphatic rings. The van der Waals surface area contributed by atoms with Gasteiger partial charge in [0.1, 0.15) is 11.6 Å². The number of aromatic nitrogens is 1. The van der Waals surface area contributed by atoms with Crippen LogP contribution < -0.4 is 0 Å². The topological polar surface area (TPSA) is 25.2 Å². The van der Waals surface area contributed by atoms with Crippen LogP contribution in [0, 0.1) is 11.6 Å². The average Bonchev–Trinajstić information content (AvgIpc) is 2.76. The highest BCUT2D eigenvalue weighted by molar-refractivity contribution is 5.20. The standard InChI is InChI=1S/C15H17F2NO/c1-2-3-15(19)12-4-5-18(10-12)9-11-6-13(16)8-14(17)7-11/h4-8,10,15,19H,2-3,9H2,1H3. The third-order valence-electron chi connectivity index (χ3n) is 3.01. The molecule has 1 N–H and O–H groups in total. The Bertz CT molecular complexity index is 531. The summed E-state index contributed by atoms with van der Waals surface area (Å²) in [7, 11) is 0. The van der Waals surface area contributed by atoms with Crippen LogP contribution in [-0.4, -0.2) is 9.67 Å². The molecule has 2 rings (SSSR count). The number of aliphatic hydroxyl groups excluding tert-OH is 1. The second-order valence-corrected chi connectivity index (χ2v) is 4.70. The summed E-state index contributed by atoms with van der Waals surface area (Å²) < 4.78 is 28.0. The molecule has 19 heavy (non-hydrogen) atoms. The molecule has 1 unspecified atom stereocenters. The van der Waals surface area contributed by atoms with E-state index < -0.39 is 17.7 Å². The first-order valence-corrected chi connectivity index (χ1v) is 6.37. The molecule has 0 aliphatic carbocycles. The van der Waals surface area contributed by atoms with Crippen molar-refractivity contribution in [2.45, 2.75) is 32.4 Å². The molecule has 1 heterocycles. The summed E-state index contributed by atoms with van der Waals surface area (Å²) in [6.07, 6.45) is 4.75. The Morgan fingerprint density at radius 3 is 2.53 bits per heavy atom. The molecule has 1 atom stereocenters. The Morgan fingerprint density at radius 2 is 1.89 bits per heavy atom. The maximum Gasteiger partial charge on any atom is 0.126 e. The highest BCUT2D eigenvalue weighted by Crippen LogP contribution is 2.19. The van der Waals surface area contributed by atoms with Crippen molar-refractivity contribution in [1.29, 1.82) is 0 Å². The van der Waals surface area contributed by atoms with Crippen molar-refractivity contribution in [3.05, 3.63) is 59.4 Å². The summed E-state index contributed by atoms with van der Waals surface area (Å²) in [5, 5.41) is 9.85. The summed E-state index contributed by atoms with van der Waals surface area (Å²) >= 11 is 0. The fourth-order valence-corrected chi connectivity index (χ4v) is 2.11. The molecule has 0 saturated heterocycles. The van der Waals surface area contributed by atoms with E-state index in [1.165, 1.54) is 12.1 Å². The van der Waals surface area contributed by atoms with Crippen LogP contribution in [0.5, 0.6) is 0 Å². The van der Waals surface area contributed by atoms with Crippen LogP contribution >= 0.6 is 0 Å². The third kappa shape index (κ3) is 3.64. The smallest absolute Gasteiger partial charge is 0.126 e. The van der Waals surface area contributed by atoms with Gasteiger partial charge in [0.25, 0.3) is 0 Å². The molecule has 4 heteroatoms. The Balaban J connectivity index is 2.11. The average molecular weight is 265 g/mol. The van der Waals surface area contributed by atoms with Gasteiger partial charge in [0.05, 0.1) is 6.10 Å². The van der Waals surface area contributed by atoms with E-state index in [0.29, 0.717) is 18.5 Å². The molecule has 2 nitrogen and oxygen atoms in total. The molecule has 2 aromatic rings. The van der Waals surface area contributed by atoms with E-state index in [0.717, 1.165) is 18.1 Å². The van der Waals surface area contributed by atoms with Crippen molar-refractivity contribution in [2.75, 3.05) is 0 Å². The van der Waals surface area contributed by atoms with Crippen molar-refractivity contribution in [1.82, 2.24) is 4.57 Å². The van der Waals surface area contributed by atoms with Crippen molar-refractivity contribution in [2.24, 2.45) is 0 Å². The normalized spacial score (nSPS) is 12.6. The molecule has 0 saturated carbocycles. The second-order valence-electron chi connectivity index (χ2n) is 4.70. The van der Waals surface area contributed by atoms with Crippen molar-refractivity contribution < 1.29 is 13.9 Å². The number of hydrogen-bond acceptors (Lipinski definition) is 1. The zero-order chi connectivity index (χ0) is 13.8. The lowest BCUT2D eigenvalue weighted by atomic mass is 10.1. The third-order valence-corrected chi connectivity index (χ3v) is 3.01. The number of benzene rings is 1. The molecule has 1 aromatic carbocycles. The lowest BCUT2D eigenvalue weighted by Gasteiger charge is -2.07. The van der Waals surface area contributed by atoms with Gasteiger partial charge in [-0.25, -0.2) is 8.78 Å². The zero-order valence-corrected chi connectivity index (χ0v) is 10.8. The van der Waals surface area contributed by atoms with Gasteiger partial charge in [0.15, 0.2) is 0 Å². The predicted molar refractivity (Wildman–Crippen MR) is 69.8 cm³/mol. The van der Waals surface area contributed by atoms with E-state index in [4.69, 9.17) is 0 Å². The Morgan fingerprint density at radius 1 is 1.21 bits per heavy atom. The van der Waals surface area contributed by atoms with Gasteiger partial charge in [0, 0.05) is 25.0 Å². The van der Waals surface area contributed by atoms with Crippen LogP contribution in [0.3, 0.4) is 0 Å². The first kappa shape index (κ1) is 13.7. The summed E-state index contributed by atoms with van der Waals surface area (Å²) in [5.74, 6) is -1.15. The van der Waals surface area contributed by atoms with Crippen LogP contribution in [0.25, 0.3) is 0 Å². The highest BCUT2D eigenvalue weighted by atomic mass is 19.1. The monoisotopic (exact) mass is 265 g/mol. The lowest BCUT2D eigenvalue weighted by Crippen LogP contribution is -1.99. The maximum atomic E-state index is 13.1. The number of halogens is 2. The number of aliphatic hydroxyl groups is 1. The molecule has 0 spiro atoms. The Kier molecular flexibility index (Phi) is 4.32. The minimum atomic E-state index is -0.576. The minimum absolute atomic E-state index is 0.382. The number of rotatable bonds is 5. The van der Waals surface area contributed by atoms with Crippen LogP contribution in [0.2, 0.25) is 0 Å². The largest absolute Gasteiger partial charge is 0.388 e. The molecular formula is C15H17F2NO. The van der Waals surface area contributed by atoms with Gasteiger partial charge in [-0.1, -0.05) is 13.3 Å². The van der Waals surface area contributed by atoms with Crippen molar-refractivity contribution in [3.63, 3.8) is 0 Å². The van der Waals surface area contributed by atoms with Crippen molar-refractivity contribution in [3.8, 4) is 0 Å². The molecule has 0 aliphatic heterocycles. The minimum Gasteiger partial charge on any atom is -0.388 e. The van der Waals surface area contributed by atoms with Crippen LogP contribution in [0.4, 0.5) is 8.78 Å². The van der Waals surface area contributed by atoms with Crippen molar-refractivity contribution >= 4 is 0 Å². The summed E-state index contributed by atoms with van der Waals surface area (Å²) in [4.78, 5) is 0. The molecule has 0 bridgehead atoms. The van der Waals surface area contributed by atoms with E-state index >= 15 is 0 Å².